The number of aliphatic carboxylic acids is 2. The van der Waals surface area contributed by atoms with E-state index in [0.29, 0.717) is 38.3 Å². The number of ether oxygens (including phenoxy) is 2. The van der Waals surface area contributed by atoms with Crippen LogP contribution in [0.4, 0.5) is 0 Å². The van der Waals surface area contributed by atoms with Crippen molar-refractivity contribution >= 4 is 29.3 Å². The van der Waals surface area contributed by atoms with E-state index in [1.807, 2.05) is 0 Å². The zero-order chi connectivity index (χ0) is 25.8. The molecule has 0 atom stereocenters. The van der Waals surface area contributed by atoms with Gasteiger partial charge in [0.2, 0.25) is 0 Å². The normalized spacial score (nSPS) is 15.1. The number of carboxylic acid groups (broad SMARTS) is 2. The SMILES string of the molecule is CC(=O)CC(=O)CCCOC1CCCC1.CC(=O)CC(=O)[O-].O=C(O)CCCOC1CCCC1.[K+]. The molecule has 0 bridgehead atoms. The van der Waals surface area contributed by atoms with E-state index in [9.17, 15) is 29.1 Å². The molecule has 10 heteroatoms. The fourth-order valence-corrected chi connectivity index (χ4v) is 3.67. The topological polar surface area (TPSA) is 147 Å². The molecule has 1 N–H and O–H groups in total. The van der Waals surface area contributed by atoms with E-state index in [2.05, 4.69) is 0 Å². The third kappa shape index (κ3) is 26.4. The maximum Gasteiger partial charge on any atom is 1.00 e. The van der Waals surface area contributed by atoms with Crippen molar-refractivity contribution in [1.29, 1.82) is 0 Å². The van der Waals surface area contributed by atoms with E-state index in [4.69, 9.17) is 14.6 Å². The molecule has 2 saturated carbocycles. The van der Waals surface area contributed by atoms with E-state index in [1.165, 1.54) is 52.4 Å². The number of ketones is 3. The molecule has 0 unspecified atom stereocenters. The van der Waals surface area contributed by atoms with Gasteiger partial charge in [0.1, 0.15) is 17.3 Å². The second kappa shape index (κ2) is 23.9. The number of carboxylic acids is 2. The average molecular weight is 525 g/mol. The molecular formula is C25H41KO9. The van der Waals surface area contributed by atoms with E-state index in [1.54, 1.807) is 0 Å². The van der Waals surface area contributed by atoms with Crippen molar-refractivity contribution in [3.63, 3.8) is 0 Å². The van der Waals surface area contributed by atoms with Gasteiger partial charge in [-0.2, -0.15) is 0 Å². The smallest absolute Gasteiger partial charge is 0.550 e. The summed E-state index contributed by atoms with van der Waals surface area (Å²) in [7, 11) is 0. The number of carbonyl (C=O) groups excluding carboxylic acids is 4. The van der Waals surface area contributed by atoms with Crippen molar-refractivity contribution in [3.05, 3.63) is 0 Å². The summed E-state index contributed by atoms with van der Waals surface area (Å²) in [6.07, 6.45) is 12.3. The van der Waals surface area contributed by atoms with Gasteiger partial charge >= 0.3 is 57.4 Å². The van der Waals surface area contributed by atoms with Crippen LogP contribution >= 0.6 is 0 Å². The summed E-state index contributed by atoms with van der Waals surface area (Å²) in [5, 5.41) is 17.8. The van der Waals surface area contributed by atoms with Crippen molar-refractivity contribution in [3.8, 4) is 0 Å². The van der Waals surface area contributed by atoms with Crippen LogP contribution in [0.1, 0.15) is 104 Å². The second-order valence-electron chi connectivity index (χ2n) is 8.82. The Morgan fingerprint density at radius 2 is 1.14 bits per heavy atom. The number of Topliss-reactive ketones (excluding diaryl/α,β-unsaturated/α-hetero) is 3. The number of carbonyl (C=O) groups is 5. The summed E-state index contributed by atoms with van der Waals surface area (Å²) in [5.41, 5.74) is 0. The summed E-state index contributed by atoms with van der Waals surface area (Å²) in [6, 6.07) is 0. The Kier molecular flexibility index (Phi) is 25.0. The summed E-state index contributed by atoms with van der Waals surface area (Å²) < 4.78 is 11.1. The molecule has 35 heavy (non-hydrogen) atoms. The quantitative estimate of drug-likeness (QED) is 0.185. The fourth-order valence-electron chi connectivity index (χ4n) is 3.67. The Morgan fingerprint density at radius 1 is 0.743 bits per heavy atom. The minimum Gasteiger partial charge on any atom is -0.550 e. The van der Waals surface area contributed by atoms with Gasteiger partial charge in [-0.15, -0.1) is 0 Å². The maximum atomic E-state index is 11.2. The van der Waals surface area contributed by atoms with Crippen LogP contribution in [0.3, 0.4) is 0 Å². The molecule has 0 aromatic rings. The van der Waals surface area contributed by atoms with Crippen LogP contribution in [-0.4, -0.2) is 59.8 Å². The molecular weight excluding hydrogens is 483 g/mol. The second-order valence-corrected chi connectivity index (χ2v) is 8.82. The minimum atomic E-state index is -1.31. The van der Waals surface area contributed by atoms with Gasteiger partial charge in [-0.1, -0.05) is 25.7 Å². The Balaban J connectivity index is 0. The molecule has 0 spiro atoms. The average Bonchev–Trinajstić information content (AvgIpc) is 3.42. The number of hydrogen-bond acceptors (Lipinski definition) is 8. The van der Waals surface area contributed by atoms with Crippen molar-refractivity contribution in [1.82, 2.24) is 0 Å². The summed E-state index contributed by atoms with van der Waals surface area (Å²) in [5.74, 6) is -2.42. The Morgan fingerprint density at radius 3 is 1.46 bits per heavy atom. The first-order valence-electron chi connectivity index (χ1n) is 12.3. The maximum absolute atomic E-state index is 11.2. The van der Waals surface area contributed by atoms with Crippen LogP contribution in [0.15, 0.2) is 0 Å². The van der Waals surface area contributed by atoms with E-state index < -0.39 is 18.4 Å². The van der Waals surface area contributed by atoms with Crippen LogP contribution in [0.25, 0.3) is 0 Å². The van der Waals surface area contributed by atoms with Crippen molar-refractivity contribution in [2.75, 3.05) is 13.2 Å². The van der Waals surface area contributed by atoms with Crippen LogP contribution in [0.5, 0.6) is 0 Å². The van der Waals surface area contributed by atoms with Crippen LogP contribution in [-0.2, 0) is 33.4 Å². The number of rotatable bonds is 14. The van der Waals surface area contributed by atoms with Crippen LogP contribution in [0, 0.1) is 0 Å². The van der Waals surface area contributed by atoms with Crippen molar-refractivity contribution in [2.24, 2.45) is 0 Å². The molecule has 9 nitrogen and oxygen atoms in total. The Bertz CT molecular complexity index is 612. The molecule has 0 amide bonds. The van der Waals surface area contributed by atoms with Crippen molar-refractivity contribution in [2.45, 2.75) is 116 Å². The van der Waals surface area contributed by atoms with E-state index in [0.717, 1.165) is 19.3 Å². The fraction of sp³-hybridized carbons (Fsp3) is 0.800. The summed E-state index contributed by atoms with van der Waals surface area (Å²) in [6.45, 7) is 3.92. The van der Waals surface area contributed by atoms with Gasteiger partial charge in [0.25, 0.3) is 0 Å². The van der Waals surface area contributed by atoms with Gasteiger partial charge in [0, 0.05) is 38.4 Å². The molecule has 0 saturated heterocycles. The predicted octanol–water partition coefficient (Wildman–Crippen LogP) is -0.196. The standard InChI is InChI=1S/C12H20O3.C9H16O3.C4H6O3.K/c1-10(13)9-11(14)5-4-8-15-12-6-2-3-7-12;10-9(11)6-3-7-12-8-4-1-2-5-8;1-3(5)2-4(6)7;/h12H,2-9H2,1H3;8H,1-7H2,(H,10,11);2H2,1H3,(H,6,7);/q;;;+1/p-1. The largest absolute Gasteiger partial charge is 1.00 e. The third-order valence-electron chi connectivity index (χ3n) is 5.29. The summed E-state index contributed by atoms with van der Waals surface area (Å²) >= 11 is 0. The molecule has 196 valence electrons. The zero-order valence-corrected chi connectivity index (χ0v) is 24.8. The first-order valence-corrected chi connectivity index (χ1v) is 12.3. The minimum absolute atomic E-state index is 0. The zero-order valence-electron chi connectivity index (χ0n) is 21.7. The Hall–Kier alpha value is -0.494. The van der Waals surface area contributed by atoms with Gasteiger partial charge < -0.3 is 24.5 Å². The molecule has 0 heterocycles. The van der Waals surface area contributed by atoms with Gasteiger partial charge in [-0.25, -0.2) is 0 Å². The van der Waals surface area contributed by atoms with Gasteiger partial charge in [-0.05, 0) is 52.4 Å². The van der Waals surface area contributed by atoms with Gasteiger partial charge in [0.05, 0.1) is 18.6 Å². The molecule has 2 fully saturated rings. The van der Waals surface area contributed by atoms with Crippen LogP contribution < -0.4 is 56.5 Å². The monoisotopic (exact) mass is 524 g/mol. The van der Waals surface area contributed by atoms with Crippen molar-refractivity contribution < 1.29 is 95.0 Å². The molecule has 2 rings (SSSR count). The number of hydrogen-bond donors (Lipinski definition) is 1. The van der Waals surface area contributed by atoms with Crippen LogP contribution in [0.2, 0.25) is 0 Å². The predicted molar refractivity (Wildman–Crippen MR) is 123 cm³/mol. The molecule has 2 aliphatic rings. The molecule has 2 aliphatic carbocycles. The molecule has 0 aliphatic heterocycles. The van der Waals surface area contributed by atoms with Gasteiger partial charge in [0.15, 0.2) is 0 Å². The summed E-state index contributed by atoms with van der Waals surface area (Å²) in [4.78, 5) is 51.3. The van der Waals surface area contributed by atoms with E-state index in [-0.39, 0.29) is 81.6 Å². The first-order chi connectivity index (χ1) is 16.1. The van der Waals surface area contributed by atoms with E-state index >= 15 is 0 Å². The molecule has 0 aromatic carbocycles. The molecule has 0 aromatic heterocycles. The van der Waals surface area contributed by atoms with Gasteiger partial charge in [-0.3, -0.25) is 19.2 Å². The third-order valence-corrected chi connectivity index (χ3v) is 5.29. The first kappa shape index (κ1) is 36.7. The molecule has 0 radical (unpaired) electrons. The Labute approximate surface area is 251 Å².